The van der Waals surface area contributed by atoms with Crippen molar-refractivity contribution in [2.75, 3.05) is 13.2 Å². The van der Waals surface area contributed by atoms with Gasteiger partial charge in [-0.3, -0.25) is 4.79 Å². The summed E-state index contributed by atoms with van der Waals surface area (Å²) in [4.78, 5) is 12.9. The number of ether oxygens (including phenoxy) is 2. The maximum absolute atomic E-state index is 12.9. The summed E-state index contributed by atoms with van der Waals surface area (Å²) in [5.41, 5.74) is 0. The van der Waals surface area contributed by atoms with Gasteiger partial charge >= 0.3 is 0 Å². The molecule has 1 saturated heterocycles. The van der Waals surface area contributed by atoms with Crippen LogP contribution in [0.5, 0.6) is 0 Å². The van der Waals surface area contributed by atoms with E-state index in [9.17, 15) is 30.3 Å². The Labute approximate surface area is 380 Å². The van der Waals surface area contributed by atoms with Gasteiger partial charge in [-0.05, 0) is 57.8 Å². The molecule has 62 heavy (non-hydrogen) atoms. The summed E-state index contributed by atoms with van der Waals surface area (Å²) in [5, 5.41) is 53.9. The number of allylic oxidation sites excluding steroid dienone is 7. The Bertz CT molecular complexity index is 1110. The minimum Gasteiger partial charge on any atom is -0.394 e. The molecule has 1 fully saturated rings. The number of hydrogen-bond donors (Lipinski definition) is 6. The second-order valence-electron chi connectivity index (χ2n) is 18.0. The number of unbranched alkanes of at least 4 members (excludes halogenated alkanes) is 27. The average molecular weight is 876 g/mol. The summed E-state index contributed by atoms with van der Waals surface area (Å²) in [7, 11) is 0. The average Bonchev–Trinajstić information content (AvgIpc) is 3.27. The lowest BCUT2D eigenvalue weighted by molar-refractivity contribution is -0.302. The van der Waals surface area contributed by atoms with Crippen LogP contribution in [0.1, 0.15) is 226 Å². The first-order valence-electron chi connectivity index (χ1n) is 25.9. The van der Waals surface area contributed by atoms with Crippen LogP contribution >= 0.6 is 0 Å². The molecule has 7 unspecified atom stereocenters. The van der Waals surface area contributed by atoms with Crippen molar-refractivity contribution in [1.29, 1.82) is 0 Å². The Morgan fingerprint density at radius 2 is 0.952 bits per heavy atom. The van der Waals surface area contributed by atoms with Gasteiger partial charge in [0.2, 0.25) is 5.91 Å². The topological polar surface area (TPSA) is 149 Å². The Balaban J connectivity index is 2.04. The molecule has 7 atom stereocenters. The Morgan fingerprint density at radius 3 is 1.42 bits per heavy atom. The standard InChI is InChI=1S/C53H97NO8/c1-3-5-7-9-11-12-13-14-15-16-17-18-19-20-21-22-23-24-25-26-27-28-29-30-31-32-33-34-35-36-37-39-41-43-49(57)54-46(47(56)42-40-38-10-8-6-4-2)45-61-53-52(60)51(59)50(58)48(44-55)62-53/h13-14,16-17,19-20,40,42,46-48,50-53,55-56,58-60H,3-12,15,18,21-39,41,43-45H2,1-2H3,(H,54,57)/b14-13-,17-16-,20-19-,42-40+. The molecule has 0 aromatic carbocycles. The van der Waals surface area contributed by atoms with Crippen LogP contribution in [0.15, 0.2) is 48.6 Å². The van der Waals surface area contributed by atoms with Crippen LogP contribution in [0.3, 0.4) is 0 Å². The van der Waals surface area contributed by atoms with Crippen molar-refractivity contribution in [3.63, 3.8) is 0 Å². The van der Waals surface area contributed by atoms with Gasteiger partial charge in [-0.25, -0.2) is 0 Å². The molecular formula is C53H97NO8. The van der Waals surface area contributed by atoms with E-state index >= 15 is 0 Å². The predicted molar refractivity (Wildman–Crippen MR) is 258 cm³/mol. The molecule has 0 bridgehead atoms. The predicted octanol–water partition coefficient (Wildman–Crippen LogP) is 11.8. The molecule has 9 nitrogen and oxygen atoms in total. The first-order chi connectivity index (χ1) is 30.3. The van der Waals surface area contributed by atoms with Gasteiger partial charge in [0.25, 0.3) is 0 Å². The second kappa shape index (κ2) is 43.1. The van der Waals surface area contributed by atoms with Crippen LogP contribution in [0.2, 0.25) is 0 Å². The summed E-state index contributed by atoms with van der Waals surface area (Å²) in [6.45, 7) is 3.68. The number of hydrogen-bond acceptors (Lipinski definition) is 8. The van der Waals surface area contributed by atoms with E-state index in [0.717, 1.165) is 57.8 Å². The third-order valence-corrected chi connectivity index (χ3v) is 12.1. The molecule has 0 radical (unpaired) electrons. The highest BCUT2D eigenvalue weighted by atomic mass is 16.7. The van der Waals surface area contributed by atoms with E-state index in [1.807, 2.05) is 6.08 Å². The first kappa shape index (κ1) is 58.2. The van der Waals surface area contributed by atoms with Gasteiger partial charge in [0, 0.05) is 6.42 Å². The van der Waals surface area contributed by atoms with Crippen LogP contribution in [0.25, 0.3) is 0 Å². The van der Waals surface area contributed by atoms with Gasteiger partial charge in [0.05, 0.1) is 25.4 Å². The van der Waals surface area contributed by atoms with Crippen LogP contribution in [0, 0.1) is 0 Å². The number of aliphatic hydroxyl groups is 5. The first-order valence-corrected chi connectivity index (χ1v) is 25.9. The zero-order valence-electron chi connectivity index (χ0n) is 39.9. The van der Waals surface area contributed by atoms with Gasteiger partial charge in [0.1, 0.15) is 24.4 Å². The fourth-order valence-corrected chi connectivity index (χ4v) is 7.99. The third-order valence-electron chi connectivity index (χ3n) is 12.1. The minimum absolute atomic E-state index is 0.182. The molecule has 6 N–H and O–H groups in total. The quantitative estimate of drug-likeness (QED) is 0.0262. The van der Waals surface area contributed by atoms with Crippen LogP contribution in [0.4, 0.5) is 0 Å². The summed E-state index contributed by atoms with van der Waals surface area (Å²) in [6, 6.07) is -0.800. The number of aliphatic hydroxyl groups excluding tert-OH is 5. The van der Waals surface area contributed by atoms with Crippen LogP contribution in [-0.2, 0) is 14.3 Å². The van der Waals surface area contributed by atoms with Crippen molar-refractivity contribution in [2.24, 2.45) is 0 Å². The van der Waals surface area contributed by atoms with E-state index in [-0.39, 0.29) is 12.5 Å². The molecule has 0 aliphatic carbocycles. The molecule has 1 aliphatic rings. The molecule has 1 heterocycles. The van der Waals surface area contributed by atoms with Gasteiger partial charge in [-0.2, -0.15) is 0 Å². The molecule has 362 valence electrons. The Kier molecular flexibility index (Phi) is 40.4. The van der Waals surface area contributed by atoms with E-state index in [1.54, 1.807) is 6.08 Å². The van der Waals surface area contributed by atoms with Crippen molar-refractivity contribution in [3.05, 3.63) is 48.6 Å². The molecule has 1 amide bonds. The van der Waals surface area contributed by atoms with E-state index in [2.05, 4.69) is 55.6 Å². The molecule has 0 saturated carbocycles. The largest absolute Gasteiger partial charge is 0.394 e. The molecule has 0 aromatic heterocycles. The van der Waals surface area contributed by atoms with Gasteiger partial charge in [0.15, 0.2) is 6.29 Å². The van der Waals surface area contributed by atoms with Crippen molar-refractivity contribution < 1.29 is 39.8 Å². The number of carbonyl (C=O) groups excluding carboxylic acids is 1. The Morgan fingerprint density at radius 1 is 0.548 bits per heavy atom. The lowest BCUT2D eigenvalue weighted by Crippen LogP contribution is -2.60. The van der Waals surface area contributed by atoms with Crippen molar-refractivity contribution in [1.82, 2.24) is 5.32 Å². The fraction of sp³-hybridized carbons (Fsp3) is 0.830. The van der Waals surface area contributed by atoms with Gasteiger partial charge in [-0.1, -0.05) is 210 Å². The van der Waals surface area contributed by atoms with Crippen LogP contribution < -0.4 is 5.32 Å². The second-order valence-corrected chi connectivity index (χ2v) is 18.0. The molecule has 0 spiro atoms. The number of carbonyl (C=O) groups is 1. The van der Waals surface area contributed by atoms with Gasteiger partial charge < -0.3 is 40.3 Å². The number of nitrogens with one attached hydrogen (secondary N) is 1. The lowest BCUT2D eigenvalue weighted by Gasteiger charge is -2.40. The van der Waals surface area contributed by atoms with Crippen molar-refractivity contribution >= 4 is 5.91 Å². The summed E-state index contributed by atoms with van der Waals surface area (Å²) >= 11 is 0. The molecule has 1 aliphatic heterocycles. The Hall–Kier alpha value is -1.85. The smallest absolute Gasteiger partial charge is 0.220 e. The minimum atomic E-state index is -1.56. The molecule has 0 aromatic rings. The maximum Gasteiger partial charge on any atom is 0.220 e. The molecule has 9 heteroatoms. The van der Waals surface area contributed by atoms with E-state index in [1.165, 1.54) is 148 Å². The molecule has 1 rings (SSSR count). The monoisotopic (exact) mass is 876 g/mol. The molecular weight excluding hydrogens is 779 g/mol. The highest BCUT2D eigenvalue weighted by molar-refractivity contribution is 5.76. The van der Waals surface area contributed by atoms with Crippen molar-refractivity contribution in [3.8, 4) is 0 Å². The summed E-state index contributed by atoms with van der Waals surface area (Å²) in [6.07, 6.45) is 49.4. The van der Waals surface area contributed by atoms with Crippen molar-refractivity contribution in [2.45, 2.75) is 269 Å². The highest BCUT2D eigenvalue weighted by Gasteiger charge is 2.44. The van der Waals surface area contributed by atoms with Gasteiger partial charge in [-0.15, -0.1) is 0 Å². The number of rotatable bonds is 43. The SMILES string of the molecule is CCCCCC/C=C/C(O)C(COC1OC(CO)C(O)C(O)C1O)NC(=O)CCCCCCCCCCCCCCCCCCCC/C=C\C/C=C\C/C=C\CCCCCCC. The van der Waals surface area contributed by atoms with E-state index in [0.29, 0.717) is 6.42 Å². The normalized spacial score (nSPS) is 20.7. The lowest BCUT2D eigenvalue weighted by atomic mass is 9.99. The third kappa shape index (κ3) is 32.8. The zero-order valence-corrected chi connectivity index (χ0v) is 39.9. The van der Waals surface area contributed by atoms with E-state index in [4.69, 9.17) is 9.47 Å². The summed E-state index contributed by atoms with van der Waals surface area (Å²) < 4.78 is 11.1. The zero-order chi connectivity index (χ0) is 45.1. The maximum atomic E-state index is 12.9. The number of amides is 1. The summed E-state index contributed by atoms with van der Waals surface area (Å²) in [5.74, 6) is -0.182. The van der Waals surface area contributed by atoms with E-state index < -0.39 is 49.5 Å². The van der Waals surface area contributed by atoms with Crippen LogP contribution in [-0.4, -0.2) is 87.5 Å². The fourth-order valence-electron chi connectivity index (χ4n) is 7.99. The highest BCUT2D eigenvalue weighted by Crippen LogP contribution is 2.23.